The second kappa shape index (κ2) is 9.00. The van der Waals surface area contributed by atoms with Crippen LogP contribution in [0.25, 0.3) is 0 Å². The Labute approximate surface area is 157 Å². The highest BCUT2D eigenvalue weighted by Crippen LogP contribution is 2.25. The number of urea groups is 1. The van der Waals surface area contributed by atoms with Gasteiger partial charge in [-0.15, -0.1) is 22.0 Å². The van der Waals surface area contributed by atoms with Gasteiger partial charge in [-0.3, -0.25) is 0 Å². The molecule has 1 aliphatic heterocycles. The Morgan fingerprint density at radius 2 is 2.31 bits per heavy atom. The highest BCUT2D eigenvalue weighted by atomic mass is 32.2. The third-order valence-corrected chi connectivity index (χ3v) is 5.43. The van der Waals surface area contributed by atoms with Crippen molar-refractivity contribution in [1.29, 1.82) is 0 Å². The van der Waals surface area contributed by atoms with Gasteiger partial charge in [0.1, 0.15) is 12.4 Å². The number of aliphatic hydroxyl groups is 1. The van der Waals surface area contributed by atoms with Crippen LogP contribution in [0.3, 0.4) is 0 Å². The first kappa shape index (κ1) is 18.7. The first-order valence-electron chi connectivity index (χ1n) is 8.74. The van der Waals surface area contributed by atoms with Gasteiger partial charge in [-0.05, 0) is 25.0 Å². The van der Waals surface area contributed by atoms with Crippen LogP contribution in [-0.2, 0) is 13.7 Å². The molecule has 2 aromatic rings. The van der Waals surface area contributed by atoms with E-state index in [1.54, 1.807) is 18.0 Å². The SMILES string of the molecule is Cn1c(CO)nnc1[C@@H]1CCCN(C(=O)NCCSc2ccccn2)C1. The summed E-state index contributed by atoms with van der Waals surface area (Å²) in [5, 5.41) is 21.4. The smallest absolute Gasteiger partial charge is 0.317 e. The predicted octanol–water partition coefficient (Wildman–Crippen LogP) is 1.38. The van der Waals surface area contributed by atoms with E-state index in [1.165, 1.54) is 0 Å². The van der Waals surface area contributed by atoms with Crippen molar-refractivity contribution < 1.29 is 9.90 Å². The molecule has 3 rings (SSSR count). The van der Waals surface area contributed by atoms with E-state index >= 15 is 0 Å². The van der Waals surface area contributed by atoms with Gasteiger partial charge in [0.05, 0.1) is 5.03 Å². The molecule has 2 amide bonds. The van der Waals surface area contributed by atoms with Crippen LogP contribution in [0.5, 0.6) is 0 Å². The van der Waals surface area contributed by atoms with Gasteiger partial charge >= 0.3 is 6.03 Å². The molecule has 0 saturated carbocycles. The predicted molar refractivity (Wildman–Crippen MR) is 98.8 cm³/mol. The largest absolute Gasteiger partial charge is 0.388 e. The fraction of sp³-hybridized carbons (Fsp3) is 0.529. The Balaban J connectivity index is 1.47. The Kier molecular flexibility index (Phi) is 6.45. The summed E-state index contributed by atoms with van der Waals surface area (Å²) in [4.78, 5) is 18.5. The number of hydrogen-bond acceptors (Lipinski definition) is 6. The maximum absolute atomic E-state index is 12.4. The molecule has 26 heavy (non-hydrogen) atoms. The fourth-order valence-corrected chi connectivity index (χ4v) is 3.82. The lowest BCUT2D eigenvalue weighted by Gasteiger charge is -2.32. The number of carbonyl (C=O) groups excluding carboxylic acids is 1. The quantitative estimate of drug-likeness (QED) is 0.584. The molecule has 1 saturated heterocycles. The average molecular weight is 376 g/mol. The minimum Gasteiger partial charge on any atom is -0.388 e. The number of amides is 2. The number of nitrogens with zero attached hydrogens (tertiary/aromatic N) is 5. The number of aromatic nitrogens is 4. The molecular weight excluding hydrogens is 352 g/mol. The molecule has 9 heteroatoms. The molecule has 0 bridgehead atoms. The average Bonchev–Trinajstić information content (AvgIpc) is 3.06. The molecule has 0 aromatic carbocycles. The summed E-state index contributed by atoms with van der Waals surface area (Å²) >= 11 is 1.62. The molecule has 8 nitrogen and oxygen atoms in total. The molecule has 1 fully saturated rings. The molecule has 0 unspecified atom stereocenters. The van der Waals surface area contributed by atoms with Gasteiger partial charge in [-0.1, -0.05) is 6.07 Å². The number of thioether (sulfide) groups is 1. The van der Waals surface area contributed by atoms with Gasteiger partial charge in [0.2, 0.25) is 0 Å². The molecule has 2 N–H and O–H groups in total. The number of piperidine rings is 1. The van der Waals surface area contributed by atoms with E-state index < -0.39 is 0 Å². The van der Waals surface area contributed by atoms with Crippen LogP contribution in [0, 0.1) is 0 Å². The lowest BCUT2D eigenvalue weighted by atomic mass is 9.97. The topological polar surface area (TPSA) is 96.2 Å². The first-order valence-corrected chi connectivity index (χ1v) is 9.73. The summed E-state index contributed by atoms with van der Waals surface area (Å²) in [6.45, 7) is 1.84. The number of hydrogen-bond donors (Lipinski definition) is 2. The summed E-state index contributed by atoms with van der Waals surface area (Å²) in [7, 11) is 1.86. The van der Waals surface area contributed by atoms with Gasteiger partial charge < -0.3 is 19.9 Å². The van der Waals surface area contributed by atoms with Crippen molar-refractivity contribution in [2.24, 2.45) is 7.05 Å². The van der Waals surface area contributed by atoms with E-state index in [9.17, 15) is 9.90 Å². The standard InChI is InChI=1S/C17H24N6O2S/c1-22-14(12-24)20-21-16(22)13-5-4-9-23(11-13)17(25)19-8-10-26-15-6-2-3-7-18-15/h2-3,6-7,13,24H,4-5,8-12H2,1H3,(H,19,25)/t13-/m1/s1. The van der Waals surface area contributed by atoms with Crippen molar-refractivity contribution in [3.8, 4) is 0 Å². The Morgan fingerprint density at radius 1 is 1.42 bits per heavy atom. The van der Waals surface area contributed by atoms with E-state index in [1.807, 2.05) is 34.7 Å². The lowest BCUT2D eigenvalue weighted by molar-refractivity contribution is 0.178. The van der Waals surface area contributed by atoms with Gasteiger partial charge in [0.25, 0.3) is 0 Å². The number of likely N-dealkylation sites (tertiary alicyclic amines) is 1. The number of rotatable bonds is 6. The van der Waals surface area contributed by atoms with Crippen LogP contribution in [0.2, 0.25) is 0 Å². The Morgan fingerprint density at radius 3 is 3.04 bits per heavy atom. The molecular formula is C17H24N6O2S. The molecule has 0 spiro atoms. The normalized spacial score (nSPS) is 17.3. The Hall–Kier alpha value is -2.13. The van der Waals surface area contributed by atoms with Crippen molar-refractivity contribution in [3.05, 3.63) is 36.0 Å². The third-order valence-electron chi connectivity index (χ3n) is 4.48. The minimum atomic E-state index is -0.131. The lowest BCUT2D eigenvalue weighted by Crippen LogP contribution is -2.45. The van der Waals surface area contributed by atoms with Gasteiger partial charge in [0.15, 0.2) is 5.82 Å². The van der Waals surface area contributed by atoms with E-state index in [0.717, 1.165) is 36.0 Å². The Bertz CT molecular complexity index is 723. The van der Waals surface area contributed by atoms with Crippen LogP contribution < -0.4 is 5.32 Å². The zero-order valence-corrected chi connectivity index (χ0v) is 15.7. The van der Waals surface area contributed by atoms with E-state index in [0.29, 0.717) is 18.9 Å². The number of carbonyl (C=O) groups is 1. The summed E-state index contributed by atoms with van der Waals surface area (Å²) < 4.78 is 1.83. The van der Waals surface area contributed by atoms with Crippen LogP contribution in [0.15, 0.2) is 29.4 Å². The van der Waals surface area contributed by atoms with Crippen LogP contribution in [0.1, 0.15) is 30.4 Å². The van der Waals surface area contributed by atoms with Crippen LogP contribution >= 0.6 is 11.8 Å². The van der Waals surface area contributed by atoms with Crippen molar-refractivity contribution in [2.45, 2.75) is 30.4 Å². The highest BCUT2D eigenvalue weighted by Gasteiger charge is 2.28. The second-order valence-electron chi connectivity index (χ2n) is 6.23. The van der Waals surface area contributed by atoms with Gasteiger partial charge in [0, 0.05) is 44.5 Å². The van der Waals surface area contributed by atoms with Gasteiger partial charge in [-0.25, -0.2) is 9.78 Å². The minimum absolute atomic E-state index is 0.0409. The van der Waals surface area contributed by atoms with Crippen LogP contribution in [0.4, 0.5) is 4.79 Å². The molecule has 0 radical (unpaired) electrons. The van der Waals surface area contributed by atoms with Crippen molar-refractivity contribution in [2.75, 3.05) is 25.4 Å². The molecule has 1 atom stereocenters. The number of nitrogens with one attached hydrogen (secondary N) is 1. The maximum Gasteiger partial charge on any atom is 0.317 e. The molecule has 140 valence electrons. The summed E-state index contributed by atoms with van der Waals surface area (Å²) in [6.07, 6.45) is 3.67. The molecule has 2 aromatic heterocycles. The monoisotopic (exact) mass is 376 g/mol. The molecule has 1 aliphatic rings. The molecule has 0 aliphatic carbocycles. The number of aliphatic hydroxyl groups excluding tert-OH is 1. The fourth-order valence-electron chi connectivity index (χ4n) is 3.10. The third kappa shape index (κ3) is 4.53. The highest BCUT2D eigenvalue weighted by molar-refractivity contribution is 7.99. The summed E-state index contributed by atoms with van der Waals surface area (Å²) in [5.74, 6) is 2.31. The van der Waals surface area contributed by atoms with Gasteiger partial charge in [-0.2, -0.15) is 0 Å². The summed E-state index contributed by atoms with van der Waals surface area (Å²) in [6, 6.07) is 5.76. The van der Waals surface area contributed by atoms with Crippen molar-refractivity contribution in [1.82, 2.24) is 30.0 Å². The molecule has 3 heterocycles. The van der Waals surface area contributed by atoms with Crippen molar-refractivity contribution in [3.63, 3.8) is 0 Å². The second-order valence-corrected chi connectivity index (χ2v) is 7.34. The summed E-state index contributed by atoms with van der Waals surface area (Å²) in [5.41, 5.74) is 0. The first-order chi connectivity index (χ1) is 12.7. The maximum atomic E-state index is 12.4. The van der Waals surface area contributed by atoms with E-state index in [-0.39, 0.29) is 18.6 Å². The van der Waals surface area contributed by atoms with E-state index in [2.05, 4.69) is 20.5 Å². The zero-order chi connectivity index (χ0) is 18.4. The van der Waals surface area contributed by atoms with E-state index in [4.69, 9.17) is 0 Å². The zero-order valence-electron chi connectivity index (χ0n) is 14.8. The number of pyridine rings is 1. The van der Waals surface area contributed by atoms with Crippen LogP contribution in [-0.4, -0.2) is 61.2 Å². The van der Waals surface area contributed by atoms with Crippen molar-refractivity contribution >= 4 is 17.8 Å².